The van der Waals surface area contributed by atoms with Crippen molar-refractivity contribution in [2.75, 3.05) is 20.8 Å². The van der Waals surface area contributed by atoms with Crippen LogP contribution in [0.1, 0.15) is 40.0 Å². The number of esters is 2. The zero-order valence-electron chi connectivity index (χ0n) is 14.1. The van der Waals surface area contributed by atoms with Gasteiger partial charge < -0.3 is 14.2 Å². The molecule has 0 bridgehead atoms. The van der Waals surface area contributed by atoms with Gasteiger partial charge in [0.15, 0.2) is 0 Å². The third-order valence-corrected chi connectivity index (χ3v) is 3.52. The summed E-state index contributed by atoms with van der Waals surface area (Å²) < 4.78 is 14.5. The highest BCUT2D eigenvalue weighted by Crippen LogP contribution is 2.38. The highest BCUT2D eigenvalue weighted by Gasteiger charge is 2.52. The number of imide groups is 1. The van der Waals surface area contributed by atoms with Gasteiger partial charge in [-0.2, -0.15) is 0 Å². The van der Waals surface area contributed by atoms with E-state index in [9.17, 15) is 19.2 Å². The molecule has 0 aromatic rings. The Morgan fingerprint density at radius 2 is 1.78 bits per heavy atom. The number of amides is 2. The van der Waals surface area contributed by atoms with Gasteiger partial charge in [0, 0.05) is 19.4 Å². The Morgan fingerprint density at radius 1 is 1.17 bits per heavy atom. The van der Waals surface area contributed by atoms with Crippen LogP contribution < -0.4 is 0 Å². The Balaban J connectivity index is 2.94. The molecule has 1 unspecified atom stereocenters. The van der Waals surface area contributed by atoms with E-state index in [-0.39, 0.29) is 25.8 Å². The lowest BCUT2D eigenvalue weighted by Crippen LogP contribution is -2.41. The lowest BCUT2D eigenvalue weighted by molar-refractivity contribution is -0.154. The van der Waals surface area contributed by atoms with Gasteiger partial charge in [-0.3, -0.25) is 14.4 Å². The lowest BCUT2D eigenvalue weighted by atomic mass is 9.82. The minimum atomic E-state index is -1.25. The summed E-state index contributed by atoms with van der Waals surface area (Å²) in [4.78, 5) is 48.6. The second kappa shape index (κ2) is 6.97. The van der Waals surface area contributed by atoms with Gasteiger partial charge in [-0.25, -0.2) is 9.69 Å². The van der Waals surface area contributed by atoms with Crippen LogP contribution in [0.15, 0.2) is 0 Å². The number of carbonyl (C=O) groups excluding carboxylic acids is 4. The molecular formula is C15H23NO7. The largest absolute Gasteiger partial charge is 0.469 e. The molecule has 1 saturated heterocycles. The van der Waals surface area contributed by atoms with Crippen molar-refractivity contribution in [3.05, 3.63) is 0 Å². The van der Waals surface area contributed by atoms with Crippen molar-refractivity contribution in [1.82, 2.24) is 4.90 Å². The van der Waals surface area contributed by atoms with E-state index in [1.165, 1.54) is 14.2 Å². The lowest BCUT2D eigenvalue weighted by Gasteiger charge is -2.26. The van der Waals surface area contributed by atoms with E-state index in [0.29, 0.717) is 0 Å². The highest BCUT2D eigenvalue weighted by molar-refractivity contribution is 5.98. The SMILES string of the molecule is COC(=O)CCC1(C(=O)OC)CC(=O)N(C(=O)OC(C)(C)C)C1. The Labute approximate surface area is 135 Å². The molecule has 0 N–H and O–H groups in total. The van der Waals surface area contributed by atoms with E-state index in [4.69, 9.17) is 9.47 Å². The maximum atomic E-state index is 12.2. The summed E-state index contributed by atoms with van der Waals surface area (Å²) in [7, 11) is 2.43. The van der Waals surface area contributed by atoms with E-state index in [2.05, 4.69) is 4.74 Å². The number of likely N-dealkylation sites (tertiary alicyclic amines) is 1. The van der Waals surface area contributed by atoms with Gasteiger partial charge in [0.1, 0.15) is 5.60 Å². The number of methoxy groups -OCH3 is 2. The molecule has 1 aliphatic rings. The molecule has 1 aliphatic heterocycles. The molecule has 0 aromatic heterocycles. The fraction of sp³-hybridized carbons (Fsp3) is 0.733. The third kappa shape index (κ3) is 4.67. The Morgan fingerprint density at radius 3 is 2.26 bits per heavy atom. The van der Waals surface area contributed by atoms with E-state index < -0.39 is 35.0 Å². The maximum Gasteiger partial charge on any atom is 0.417 e. The summed E-state index contributed by atoms with van der Waals surface area (Å²) in [5.74, 6) is -1.67. The molecule has 0 aliphatic carbocycles. The summed E-state index contributed by atoms with van der Waals surface area (Å²) in [6.07, 6.45) is -1.03. The van der Waals surface area contributed by atoms with Crippen molar-refractivity contribution in [2.24, 2.45) is 5.41 Å². The molecule has 0 spiro atoms. The highest BCUT2D eigenvalue weighted by atomic mass is 16.6. The Hall–Kier alpha value is -2.12. The summed E-state index contributed by atoms with van der Waals surface area (Å²) in [6.45, 7) is 4.85. The van der Waals surface area contributed by atoms with Crippen molar-refractivity contribution >= 4 is 23.9 Å². The molecule has 2 amide bonds. The van der Waals surface area contributed by atoms with E-state index in [1.54, 1.807) is 20.8 Å². The Bertz CT molecular complexity index is 508. The van der Waals surface area contributed by atoms with Crippen LogP contribution in [0.5, 0.6) is 0 Å². The quantitative estimate of drug-likeness (QED) is 0.565. The minimum Gasteiger partial charge on any atom is -0.469 e. The van der Waals surface area contributed by atoms with Crippen molar-refractivity contribution in [2.45, 2.75) is 45.6 Å². The number of carbonyl (C=O) groups is 4. The maximum absolute atomic E-state index is 12.2. The molecule has 0 saturated carbocycles. The molecule has 8 heteroatoms. The summed E-state index contributed by atoms with van der Waals surface area (Å²) in [6, 6.07) is 0. The second-order valence-corrected chi connectivity index (χ2v) is 6.49. The summed E-state index contributed by atoms with van der Waals surface area (Å²) in [5, 5.41) is 0. The zero-order valence-corrected chi connectivity index (χ0v) is 14.1. The first-order valence-corrected chi connectivity index (χ1v) is 7.23. The van der Waals surface area contributed by atoms with Gasteiger partial charge in [-0.05, 0) is 27.2 Å². The van der Waals surface area contributed by atoms with Crippen molar-refractivity contribution in [3.63, 3.8) is 0 Å². The number of hydrogen-bond donors (Lipinski definition) is 0. The van der Waals surface area contributed by atoms with E-state index in [1.807, 2.05) is 0 Å². The third-order valence-electron chi connectivity index (χ3n) is 3.52. The van der Waals surface area contributed by atoms with Crippen LogP contribution in [0.25, 0.3) is 0 Å². The second-order valence-electron chi connectivity index (χ2n) is 6.49. The topological polar surface area (TPSA) is 99.2 Å². The standard InChI is InChI=1S/C15H23NO7/c1-14(2,3)23-13(20)16-9-15(8-10(16)17,12(19)22-5)7-6-11(18)21-4/h6-9H2,1-5H3. The van der Waals surface area contributed by atoms with Crippen LogP contribution in [0.3, 0.4) is 0 Å². The van der Waals surface area contributed by atoms with Gasteiger partial charge in [-0.1, -0.05) is 0 Å². The number of rotatable bonds is 4. The Kier molecular flexibility index (Phi) is 5.74. The zero-order chi connectivity index (χ0) is 17.8. The first kappa shape index (κ1) is 18.9. The van der Waals surface area contributed by atoms with Gasteiger partial charge >= 0.3 is 18.0 Å². The van der Waals surface area contributed by atoms with Crippen LogP contribution in [0, 0.1) is 5.41 Å². The van der Waals surface area contributed by atoms with Crippen LogP contribution in [-0.2, 0) is 28.6 Å². The molecule has 0 radical (unpaired) electrons. The molecule has 1 rings (SSSR count). The van der Waals surface area contributed by atoms with E-state index in [0.717, 1.165) is 4.90 Å². The first-order valence-electron chi connectivity index (χ1n) is 7.23. The molecule has 130 valence electrons. The fourth-order valence-electron chi connectivity index (χ4n) is 2.38. The average molecular weight is 329 g/mol. The number of nitrogens with zero attached hydrogens (tertiary/aromatic N) is 1. The monoisotopic (exact) mass is 329 g/mol. The van der Waals surface area contributed by atoms with Crippen LogP contribution >= 0.6 is 0 Å². The van der Waals surface area contributed by atoms with Gasteiger partial charge in [-0.15, -0.1) is 0 Å². The van der Waals surface area contributed by atoms with Gasteiger partial charge in [0.2, 0.25) is 5.91 Å². The average Bonchev–Trinajstić information content (AvgIpc) is 2.80. The minimum absolute atomic E-state index is 0.0530. The number of hydrogen-bond acceptors (Lipinski definition) is 7. The van der Waals surface area contributed by atoms with Gasteiger partial charge in [0.05, 0.1) is 19.6 Å². The molecule has 1 fully saturated rings. The summed E-state index contributed by atoms with van der Waals surface area (Å²) >= 11 is 0. The normalized spacial score (nSPS) is 21.1. The van der Waals surface area contributed by atoms with Crippen molar-refractivity contribution in [1.29, 1.82) is 0 Å². The fourth-order valence-corrected chi connectivity index (χ4v) is 2.38. The summed E-state index contributed by atoms with van der Waals surface area (Å²) in [5.41, 5.74) is -2.02. The van der Waals surface area contributed by atoms with Gasteiger partial charge in [0.25, 0.3) is 0 Å². The van der Waals surface area contributed by atoms with Crippen molar-refractivity contribution < 1.29 is 33.4 Å². The van der Waals surface area contributed by atoms with Crippen molar-refractivity contribution in [3.8, 4) is 0 Å². The van der Waals surface area contributed by atoms with E-state index >= 15 is 0 Å². The predicted molar refractivity (Wildman–Crippen MR) is 78.3 cm³/mol. The van der Waals surface area contributed by atoms with Crippen LogP contribution in [-0.4, -0.2) is 55.2 Å². The molecular weight excluding hydrogens is 306 g/mol. The van der Waals surface area contributed by atoms with Crippen LogP contribution in [0.2, 0.25) is 0 Å². The molecule has 23 heavy (non-hydrogen) atoms. The molecule has 8 nitrogen and oxygen atoms in total. The number of ether oxygens (including phenoxy) is 3. The smallest absolute Gasteiger partial charge is 0.417 e. The predicted octanol–water partition coefficient (Wildman–Crippen LogP) is 1.27. The molecule has 1 atom stereocenters. The first-order chi connectivity index (χ1) is 10.5. The van der Waals surface area contributed by atoms with Crippen LogP contribution in [0.4, 0.5) is 4.79 Å². The molecule has 1 heterocycles. The molecule has 0 aromatic carbocycles.